The molecule has 0 fully saturated rings. The topological polar surface area (TPSA) is 63.2 Å². The molecule has 0 saturated heterocycles. The van der Waals surface area contributed by atoms with Gasteiger partial charge >= 0.3 is 0 Å². The van der Waals surface area contributed by atoms with Crippen LogP contribution in [0.1, 0.15) is 22.8 Å². The number of benzene rings is 1. The van der Waals surface area contributed by atoms with Gasteiger partial charge < -0.3 is 5.32 Å². The van der Waals surface area contributed by atoms with Gasteiger partial charge in [-0.05, 0) is 46.7 Å². The minimum Gasteiger partial charge on any atom is -0.324 e. The predicted octanol–water partition coefficient (Wildman–Crippen LogP) is 4.77. The highest BCUT2D eigenvalue weighted by Crippen LogP contribution is 2.46. The third kappa shape index (κ3) is 2.91. The molecular weight excluding hydrogens is 398 g/mol. The Balaban J connectivity index is 1.83. The van der Waals surface area contributed by atoms with E-state index in [1.807, 2.05) is 16.8 Å². The Morgan fingerprint density at radius 1 is 1.12 bits per heavy atom. The largest absolute Gasteiger partial charge is 0.324 e. The number of sulfone groups is 1. The summed E-state index contributed by atoms with van der Waals surface area (Å²) in [6.45, 7) is 0. The first-order valence-electron chi connectivity index (χ1n) is 7.41. The van der Waals surface area contributed by atoms with Gasteiger partial charge in [0, 0.05) is 27.6 Å². The molecule has 3 heterocycles. The first-order chi connectivity index (χ1) is 12.0. The molecule has 1 unspecified atom stereocenters. The van der Waals surface area contributed by atoms with E-state index >= 15 is 0 Å². The van der Waals surface area contributed by atoms with E-state index in [0.29, 0.717) is 17.1 Å². The second kappa shape index (κ2) is 6.25. The van der Waals surface area contributed by atoms with E-state index in [4.69, 9.17) is 11.6 Å². The molecule has 1 atom stereocenters. The first kappa shape index (κ1) is 16.8. The summed E-state index contributed by atoms with van der Waals surface area (Å²) in [6.07, 6.45) is 0.324. The van der Waals surface area contributed by atoms with Crippen LogP contribution in [0.3, 0.4) is 0 Å². The SMILES string of the molecule is O=C1CC(c2ccsc2)c2scc(S(=O)(=O)c3ccc(Cl)cc3)c2N1. The van der Waals surface area contributed by atoms with E-state index in [-0.39, 0.29) is 21.6 Å². The molecule has 2 aromatic heterocycles. The van der Waals surface area contributed by atoms with Crippen molar-refractivity contribution in [2.75, 3.05) is 5.32 Å². The van der Waals surface area contributed by atoms with Gasteiger partial charge in [-0.25, -0.2) is 8.42 Å². The number of hydrogen-bond acceptors (Lipinski definition) is 5. The molecule has 0 aliphatic carbocycles. The van der Waals surface area contributed by atoms with Crippen LogP contribution in [0.4, 0.5) is 5.69 Å². The first-order valence-corrected chi connectivity index (χ1v) is 11.1. The number of halogens is 1. The van der Waals surface area contributed by atoms with Crippen LogP contribution in [0.2, 0.25) is 5.02 Å². The predicted molar refractivity (Wildman–Crippen MR) is 101 cm³/mol. The Hall–Kier alpha value is -1.67. The second-order valence-corrected chi connectivity index (χ2v) is 9.70. The zero-order chi connectivity index (χ0) is 17.6. The minimum atomic E-state index is -3.73. The van der Waals surface area contributed by atoms with Crippen LogP contribution in [0.25, 0.3) is 0 Å². The van der Waals surface area contributed by atoms with Crippen molar-refractivity contribution in [3.63, 3.8) is 0 Å². The van der Waals surface area contributed by atoms with Crippen molar-refractivity contribution in [2.24, 2.45) is 0 Å². The number of carbonyl (C=O) groups excluding carboxylic acids is 1. The number of fused-ring (bicyclic) bond motifs is 1. The summed E-state index contributed by atoms with van der Waals surface area (Å²) in [5, 5.41) is 8.80. The van der Waals surface area contributed by atoms with Gasteiger partial charge in [0.1, 0.15) is 4.90 Å². The van der Waals surface area contributed by atoms with Crippen LogP contribution in [0.5, 0.6) is 0 Å². The number of thiophene rings is 2. The molecule has 1 aromatic carbocycles. The molecule has 1 amide bonds. The molecular formula is C17H12ClNO3S3. The Morgan fingerprint density at radius 3 is 2.56 bits per heavy atom. The molecule has 0 spiro atoms. The van der Waals surface area contributed by atoms with Crippen molar-refractivity contribution >= 4 is 55.7 Å². The molecule has 4 rings (SSSR count). The Bertz CT molecular complexity index is 1040. The highest BCUT2D eigenvalue weighted by molar-refractivity contribution is 7.91. The lowest BCUT2D eigenvalue weighted by Gasteiger charge is -2.22. The van der Waals surface area contributed by atoms with Gasteiger partial charge in [0.05, 0.1) is 10.6 Å². The average Bonchev–Trinajstić information content (AvgIpc) is 3.24. The summed E-state index contributed by atoms with van der Waals surface area (Å²) in [7, 11) is -3.73. The molecule has 1 aliphatic rings. The zero-order valence-electron chi connectivity index (χ0n) is 12.7. The van der Waals surface area contributed by atoms with E-state index < -0.39 is 9.84 Å². The standard InChI is InChI=1S/C17H12ClNO3S3/c18-11-1-3-12(4-2-11)25(21,22)14-9-24-17-13(10-5-6-23-8-10)7-15(20)19-16(14)17/h1-6,8-9,13H,7H2,(H,19,20). The van der Waals surface area contributed by atoms with Crippen LogP contribution in [-0.4, -0.2) is 14.3 Å². The highest BCUT2D eigenvalue weighted by atomic mass is 35.5. The number of rotatable bonds is 3. The monoisotopic (exact) mass is 409 g/mol. The molecule has 0 bridgehead atoms. The van der Waals surface area contributed by atoms with Crippen LogP contribution in [-0.2, 0) is 14.6 Å². The Morgan fingerprint density at radius 2 is 1.88 bits per heavy atom. The van der Waals surface area contributed by atoms with Gasteiger partial charge in [0.25, 0.3) is 0 Å². The summed E-state index contributed by atoms with van der Waals surface area (Å²) >= 11 is 8.78. The van der Waals surface area contributed by atoms with Gasteiger partial charge in [-0.1, -0.05) is 11.6 Å². The number of anilines is 1. The Kier molecular flexibility index (Phi) is 4.19. The fourth-order valence-corrected chi connectivity index (χ4v) is 6.63. The molecule has 4 nitrogen and oxygen atoms in total. The maximum absolute atomic E-state index is 13.0. The normalized spacial score (nSPS) is 17.2. The van der Waals surface area contributed by atoms with Crippen molar-refractivity contribution < 1.29 is 13.2 Å². The molecule has 0 saturated carbocycles. The third-order valence-electron chi connectivity index (χ3n) is 4.12. The summed E-state index contributed by atoms with van der Waals surface area (Å²) < 4.78 is 26.0. The van der Waals surface area contributed by atoms with Crippen LogP contribution < -0.4 is 5.32 Å². The Labute approximate surface area is 158 Å². The van der Waals surface area contributed by atoms with Crippen molar-refractivity contribution in [2.45, 2.75) is 22.1 Å². The number of hydrogen-bond donors (Lipinski definition) is 1. The van der Waals surface area contributed by atoms with Gasteiger partial charge in [-0.2, -0.15) is 11.3 Å². The molecule has 25 heavy (non-hydrogen) atoms. The van der Waals surface area contributed by atoms with E-state index in [1.54, 1.807) is 28.8 Å². The molecule has 1 aliphatic heterocycles. The van der Waals surface area contributed by atoms with E-state index in [1.165, 1.54) is 23.5 Å². The van der Waals surface area contributed by atoms with Crippen LogP contribution in [0, 0.1) is 0 Å². The van der Waals surface area contributed by atoms with E-state index in [0.717, 1.165) is 10.4 Å². The lowest BCUT2D eigenvalue weighted by Crippen LogP contribution is -2.23. The maximum atomic E-state index is 13.0. The van der Waals surface area contributed by atoms with E-state index in [9.17, 15) is 13.2 Å². The van der Waals surface area contributed by atoms with Crippen molar-refractivity contribution in [1.29, 1.82) is 0 Å². The fraction of sp³-hybridized carbons (Fsp3) is 0.118. The quantitative estimate of drug-likeness (QED) is 0.677. The fourth-order valence-electron chi connectivity index (χ4n) is 2.89. The highest BCUT2D eigenvalue weighted by Gasteiger charge is 2.34. The third-order valence-corrected chi connectivity index (χ3v) is 8.11. The number of amides is 1. The smallest absolute Gasteiger partial charge is 0.225 e. The molecule has 1 N–H and O–H groups in total. The summed E-state index contributed by atoms with van der Waals surface area (Å²) in [6, 6.07) is 8.01. The van der Waals surface area contributed by atoms with Gasteiger partial charge in [0.2, 0.25) is 15.7 Å². The molecule has 128 valence electrons. The molecule has 0 radical (unpaired) electrons. The lowest BCUT2D eigenvalue weighted by molar-refractivity contribution is -0.116. The van der Waals surface area contributed by atoms with Crippen LogP contribution in [0.15, 0.2) is 56.3 Å². The minimum absolute atomic E-state index is 0.103. The number of carbonyl (C=O) groups is 1. The van der Waals surface area contributed by atoms with Gasteiger partial charge in [-0.15, -0.1) is 11.3 Å². The average molecular weight is 410 g/mol. The van der Waals surface area contributed by atoms with E-state index in [2.05, 4.69) is 5.32 Å². The summed E-state index contributed by atoms with van der Waals surface area (Å²) in [5.74, 6) is -0.274. The summed E-state index contributed by atoms with van der Waals surface area (Å²) in [5.41, 5.74) is 1.45. The van der Waals surface area contributed by atoms with Crippen molar-refractivity contribution in [1.82, 2.24) is 0 Å². The second-order valence-electron chi connectivity index (χ2n) is 5.66. The van der Waals surface area contributed by atoms with Crippen LogP contribution >= 0.6 is 34.3 Å². The maximum Gasteiger partial charge on any atom is 0.225 e. The molecule has 3 aromatic rings. The van der Waals surface area contributed by atoms with Crippen molar-refractivity contribution in [3.8, 4) is 0 Å². The lowest BCUT2D eigenvalue weighted by atomic mass is 9.93. The van der Waals surface area contributed by atoms with Gasteiger partial charge in [-0.3, -0.25) is 4.79 Å². The molecule has 8 heteroatoms. The zero-order valence-corrected chi connectivity index (χ0v) is 15.9. The summed E-state index contributed by atoms with van der Waals surface area (Å²) in [4.78, 5) is 13.4. The van der Waals surface area contributed by atoms with Crippen molar-refractivity contribution in [3.05, 3.63) is 61.9 Å². The van der Waals surface area contributed by atoms with Gasteiger partial charge in [0.15, 0.2) is 0 Å². The number of nitrogens with one attached hydrogen (secondary N) is 1.